The fraction of sp³-hybridized carbons (Fsp3) is 0.267. The van der Waals surface area contributed by atoms with Crippen molar-refractivity contribution in [2.75, 3.05) is 7.11 Å². The Hall–Kier alpha value is -2.03. The summed E-state index contributed by atoms with van der Waals surface area (Å²) in [4.78, 5) is 11.2. The highest BCUT2D eigenvalue weighted by Gasteiger charge is 2.24. The Balaban J connectivity index is 2.72. The van der Waals surface area contributed by atoms with E-state index >= 15 is 0 Å². The Kier molecular flexibility index (Phi) is 3.51. The Morgan fingerprint density at radius 1 is 1.11 bits per heavy atom. The number of rotatable bonds is 3. The van der Waals surface area contributed by atoms with Crippen molar-refractivity contribution in [3.63, 3.8) is 0 Å². The van der Waals surface area contributed by atoms with Crippen molar-refractivity contribution in [2.45, 2.75) is 20.3 Å². The number of hydrogen-bond donors (Lipinski definition) is 0. The minimum absolute atomic E-state index is 0.314. The molecule has 0 N–H and O–H groups in total. The van der Waals surface area contributed by atoms with Crippen LogP contribution < -0.4 is 9.47 Å². The normalized spacial score (nSPS) is 10.4. The van der Waals surface area contributed by atoms with Gasteiger partial charge in [-0.15, -0.1) is 0 Å². The van der Waals surface area contributed by atoms with Crippen LogP contribution in [0.25, 0.3) is 11.1 Å². The molecule has 0 bridgehead atoms. The maximum atomic E-state index is 11.2. The van der Waals surface area contributed by atoms with Crippen LogP contribution in [0.1, 0.15) is 19.4 Å². The lowest BCUT2D eigenvalue weighted by Gasteiger charge is -2.04. The number of ether oxygens (including phenoxy) is 2. The number of carbonyl (C=O) groups is 1. The lowest BCUT2D eigenvalue weighted by molar-refractivity contribution is -0.131. The second kappa shape index (κ2) is 5.08. The molecule has 2 aliphatic rings. The molecule has 2 rings (SSSR count). The van der Waals surface area contributed by atoms with E-state index < -0.39 is 0 Å². The molecule has 0 spiro atoms. The molecule has 0 fully saturated rings. The van der Waals surface area contributed by atoms with Gasteiger partial charge in [-0.05, 0) is 6.42 Å². The molecule has 3 heteroatoms. The van der Waals surface area contributed by atoms with E-state index in [4.69, 9.17) is 9.47 Å². The van der Waals surface area contributed by atoms with E-state index in [1.807, 2.05) is 37.3 Å². The summed E-state index contributed by atoms with van der Waals surface area (Å²) in [6.45, 7) is 3.43. The van der Waals surface area contributed by atoms with Crippen molar-refractivity contribution in [3.8, 4) is 22.6 Å². The molecule has 0 atom stereocenters. The number of fused-ring (bicyclic) bond motifs is 1. The minimum atomic E-state index is -0.314. The molecule has 0 aliphatic heterocycles. The van der Waals surface area contributed by atoms with E-state index in [9.17, 15) is 4.79 Å². The monoisotopic (exact) mass is 244 g/mol. The summed E-state index contributed by atoms with van der Waals surface area (Å²) < 4.78 is 10.8. The van der Waals surface area contributed by atoms with Crippen LogP contribution >= 0.6 is 0 Å². The molecule has 3 nitrogen and oxygen atoms in total. The van der Waals surface area contributed by atoms with E-state index in [0.29, 0.717) is 5.75 Å². The number of esters is 1. The highest BCUT2D eigenvalue weighted by molar-refractivity contribution is 5.87. The summed E-state index contributed by atoms with van der Waals surface area (Å²) >= 11 is 0. The third kappa shape index (κ3) is 2.04. The van der Waals surface area contributed by atoms with E-state index in [1.54, 1.807) is 7.11 Å². The molecular weight excluding hydrogens is 228 g/mol. The van der Waals surface area contributed by atoms with Gasteiger partial charge < -0.3 is 9.47 Å². The molecule has 18 heavy (non-hydrogen) atoms. The van der Waals surface area contributed by atoms with Crippen LogP contribution in [0.5, 0.6) is 11.5 Å². The van der Waals surface area contributed by atoms with Gasteiger partial charge in [0.1, 0.15) is 11.5 Å². The largest absolute Gasteiger partial charge is 0.496 e. The first-order valence-corrected chi connectivity index (χ1v) is 5.95. The number of hydrogen-bond acceptors (Lipinski definition) is 3. The summed E-state index contributed by atoms with van der Waals surface area (Å²) in [6.07, 6.45) is 0.754. The standard InChI is InChI=1S/C15H16O3/c1-4-11-14(17-3)12-8-6-5-7-9-13(12)15(11)18-10(2)16/h5-9H,4H2,1-3H3. The fourth-order valence-corrected chi connectivity index (χ4v) is 2.19. The molecule has 0 unspecified atom stereocenters. The van der Waals surface area contributed by atoms with E-state index in [2.05, 4.69) is 0 Å². The Morgan fingerprint density at radius 2 is 1.72 bits per heavy atom. The van der Waals surface area contributed by atoms with Gasteiger partial charge in [0.05, 0.1) is 7.11 Å². The zero-order valence-electron chi connectivity index (χ0n) is 10.8. The van der Waals surface area contributed by atoms with Gasteiger partial charge in [0, 0.05) is 23.6 Å². The van der Waals surface area contributed by atoms with E-state index in [-0.39, 0.29) is 5.97 Å². The first-order valence-electron chi connectivity index (χ1n) is 5.95. The van der Waals surface area contributed by atoms with Crippen molar-refractivity contribution in [3.05, 3.63) is 35.9 Å². The molecule has 0 radical (unpaired) electrons. The van der Waals surface area contributed by atoms with Gasteiger partial charge in [-0.25, -0.2) is 0 Å². The minimum Gasteiger partial charge on any atom is -0.496 e. The maximum Gasteiger partial charge on any atom is 0.308 e. The Labute approximate surface area is 107 Å². The molecule has 0 aromatic heterocycles. The molecule has 0 aromatic carbocycles. The second-order valence-corrected chi connectivity index (χ2v) is 4.03. The van der Waals surface area contributed by atoms with Gasteiger partial charge in [-0.1, -0.05) is 37.3 Å². The Morgan fingerprint density at radius 3 is 2.22 bits per heavy atom. The van der Waals surface area contributed by atoms with Crippen LogP contribution in [0.2, 0.25) is 0 Å². The first kappa shape index (κ1) is 12.4. The van der Waals surface area contributed by atoms with Gasteiger partial charge in [0.25, 0.3) is 0 Å². The SMILES string of the molecule is CCc1c(OC)c2cccccc-2c1OC(C)=O. The molecule has 0 aromatic rings. The predicted molar refractivity (Wildman–Crippen MR) is 70.3 cm³/mol. The molecule has 2 aliphatic carbocycles. The van der Waals surface area contributed by atoms with Gasteiger partial charge in [0.15, 0.2) is 0 Å². The topological polar surface area (TPSA) is 35.5 Å². The second-order valence-electron chi connectivity index (χ2n) is 4.03. The molecule has 94 valence electrons. The lowest BCUT2D eigenvalue weighted by atomic mass is 10.2. The number of methoxy groups -OCH3 is 1. The van der Waals surface area contributed by atoms with Crippen LogP contribution in [0.15, 0.2) is 30.3 Å². The zero-order valence-corrected chi connectivity index (χ0v) is 10.8. The quantitative estimate of drug-likeness (QED) is 0.777. The van der Waals surface area contributed by atoms with Crippen molar-refractivity contribution in [1.82, 2.24) is 0 Å². The Bertz CT molecular complexity index is 546. The average Bonchev–Trinajstić information content (AvgIpc) is 2.52. The van der Waals surface area contributed by atoms with Crippen molar-refractivity contribution >= 4 is 5.97 Å². The first-order chi connectivity index (χ1) is 8.69. The number of carbonyl (C=O) groups excluding carboxylic acids is 1. The molecule has 0 saturated carbocycles. The summed E-state index contributed by atoms with van der Waals surface area (Å²) in [7, 11) is 1.64. The van der Waals surface area contributed by atoms with Crippen molar-refractivity contribution in [2.24, 2.45) is 0 Å². The van der Waals surface area contributed by atoms with Crippen molar-refractivity contribution in [1.29, 1.82) is 0 Å². The fourth-order valence-electron chi connectivity index (χ4n) is 2.19. The van der Waals surface area contributed by atoms with E-state index in [1.165, 1.54) is 6.92 Å². The summed E-state index contributed by atoms with van der Waals surface area (Å²) in [5.74, 6) is 1.10. The van der Waals surface area contributed by atoms with Gasteiger partial charge in [0.2, 0.25) is 0 Å². The van der Waals surface area contributed by atoms with Crippen LogP contribution in [-0.2, 0) is 11.2 Å². The molecule has 0 heterocycles. The summed E-state index contributed by atoms with van der Waals surface area (Å²) in [6, 6.07) is 9.72. The zero-order chi connectivity index (χ0) is 13.1. The van der Waals surface area contributed by atoms with Crippen LogP contribution in [-0.4, -0.2) is 13.1 Å². The third-order valence-electron chi connectivity index (χ3n) is 2.88. The molecular formula is C15H16O3. The highest BCUT2D eigenvalue weighted by atomic mass is 16.5. The van der Waals surface area contributed by atoms with Crippen LogP contribution in [0.4, 0.5) is 0 Å². The van der Waals surface area contributed by atoms with E-state index in [0.717, 1.165) is 28.9 Å². The van der Waals surface area contributed by atoms with Gasteiger partial charge in [-0.2, -0.15) is 0 Å². The molecule has 0 amide bonds. The summed E-state index contributed by atoms with van der Waals surface area (Å²) in [5, 5.41) is 0. The average molecular weight is 244 g/mol. The maximum absolute atomic E-state index is 11.2. The van der Waals surface area contributed by atoms with Crippen LogP contribution in [0.3, 0.4) is 0 Å². The highest BCUT2D eigenvalue weighted by Crippen LogP contribution is 2.47. The van der Waals surface area contributed by atoms with Gasteiger partial charge in [-0.3, -0.25) is 4.79 Å². The third-order valence-corrected chi connectivity index (χ3v) is 2.88. The lowest BCUT2D eigenvalue weighted by Crippen LogP contribution is -2.02. The predicted octanol–water partition coefficient (Wildman–Crippen LogP) is 3.29. The van der Waals surface area contributed by atoms with Crippen LogP contribution in [0, 0.1) is 0 Å². The summed E-state index contributed by atoms with van der Waals surface area (Å²) in [5.41, 5.74) is 2.81. The smallest absolute Gasteiger partial charge is 0.308 e. The molecule has 0 saturated heterocycles. The van der Waals surface area contributed by atoms with Crippen molar-refractivity contribution < 1.29 is 14.3 Å². The van der Waals surface area contributed by atoms with Gasteiger partial charge >= 0.3 is 5.97 Å².